The molecule has 0 aliphatic rings. The van der Waals surface area contributed by atoms with E-state index >= 15 is 0 Å². The van der Waals surface area contributed by atoms with Crippen LogP contribution in [0.5, 0.6) is 11.5 Å². The van der Waals surface area contributed by atoms with E-state index in [1.54, 1.807) is 0 Å². The normalized spacial score (nSPS) is 10.9. The second-order valence-corrected chi connectivity index (χ2v) is 7.82. The van der Waals surface area contributed by atoms with Crippen molar-refractivity contribution in [3.05, 3.63) is 54.1 Å². The number of ether oxygens (including phenoxy) is 2. The molecule has 3 nitrogen and oxygen atoms in total. The second-order valence-electron chi connectivity index (χ2n) is 7.82. The van der Waals surface area contributed by atoms with Gasteiger partial charge < -0.3 is 14.8 Å². The number of unbranched alkanes of at least 4 members (excludes halogenated alkanes) is 4. The van der Waals surface area contributed by atoms with Crippen molar-refractivity contribution in [2.24, 2.45) is 5.92 Å². The molecule has 154 valence electrons. The Morgan fingerprint density at radius 3 is 2.00 bits per heavy atom. The fourth-order valence-corrected chi connectivity index (χ4v) is 2.88. The van der Waals surface area contributed by atoms with E-state index in [4.69, 9.17) is 9.47 Å². The maximum absolute atomic E-state index is 5.82. The lowest BCUT2D eigenvalue weighted by molar-refractivity contribution is 0.289. The molecule has 1 N–H and O–H groups in total. The molecule has 2 aromatic rings. The molecule has 0 atom stereocenters. The Balaban J connectivity index is 1.67. The zero-order chi connectivity index (χ0) is 20.0. The van der Waals surface area contributed by atoms with Crippen LogP contribution in [0.1, 0.15) is 64.9 Å². The lowest BCUT2D eigenvalue weighted by Crippen LogP contribution is -2.02. The van der Waals surface area contributed by atoms with Crippen molar-refractivity contribution in [3.8, 4) is 11.5 Å². The summed E-state index contributed by atoms with van der Waals surface area (Å²) in [6.45, 7) is 9.05. The van der Waals surface area contributed by atoms with Crippen LogP contribution >= 0.6 is 0 Å². The van der Waals surface area contributed by atoms with Gasteiger partial charge in [-0.2, -0.15) is 0 Å². The van der Waals surface area contributed by atoms with Crippen LogP contribution in [0, 0.1) is 5.92 Å². The first kappa shape index (κ1) is 22.1. The third-order valence-electron chi connectivity index (χ3n) is 4.75. The van der Waals surface area contributed by atoms with Gasteiger partial charge in [-0.05, 0) is 60.7 Å². The molecule has 0 aliphatic carbocycles. The number of hydrogen-bond donors (Lipinski definition) is 1. The Labute approximate surface area is 171 Å². The molecule has 0 bridgehead atoms. The van der Waals surface area contributed by atoms with Crippen LogP contribution < -0.4 is 14.8 Å². The zero-order valence-electron chi connectivity index (χ0n) is 17.9. The molecule has 2 rings (SSSR count). The van der Waals surface area contributed by atoms with Gasteiger partial charge in [-0.1, -0.05) is 58.6 Å². The minimum atomic E-state index is 0.672. The minimum Gasteiger partial charge on any atom is -0.494 e. The van der Waals surface area contributed by atoms with Gasteiger partial charge >= 0.3 is 0 Å². The van der Waals surface area contributed by atoms with Crippen molar-refractivity contribution >= 4 is 5.69 Å². The summed E-state index contributed by atoms with van der Waals surface area (Å²) in [6.07, 6.45) is 7.40. The van der Waals surface area contributed by atoms with Gasteiger partial charge in [0.15, 0.2) is 0 Å². The molecule has 0 aromatic heterocycles. The van der Waals surface area contributed by atoms with Crippen molar-refractivity contribution in [2.75, 3.05) is 18.5 Å². The minimum absolute atomic E-state index is 0.672. The van der Waals surface area contributed by atoms with Gasteiger partial charge in [-0.3, -0.25) is 0 Å². The maximum atomic E-state index is 5.82. The lowest BCUT2D eigenvalue weighted by Gasteiger charge is -2.11. The van der Waals surface area contributed by atoms with Crippen LogP contribution in [-0.4, -0.2) is 13.2 Å². The molecule has 28 heavy (non-hydrogen) atoms. The van der Waals surface area contributed by atoms with Crippen LogP contribution in [0.25, 0.3) is 0 Å². The van der Waals surface area contributed by atoms with E-state index in [-0.39, 0.29) is 0 Å². The van der Waals surface area contributed by atoms with Crippen molar-refractivity contribution in [1.82, 2.24) is 0 Å². The SMILES string of the molecule is CCCCCCCOc1ccc(NCc2ccc(OCCC(C)C)cc2)cc1. The van der Waals surface area contributed by atoms with E-state index in [2.05, 4.69) is 62.5 Å². The monoisotopic (exact) mass is 383 g/mol. The molecule has 0 spiro atoms. The van der Waals surface area contributed by atoms with Gasteiger partial charge in [-0.15, -0.1) is 0 Å². The van der Waals surface area contributed by atoms with Crippen LogP contribution in [0.3, 0.4) is 0 Å². The number of nitrogens with one attached hydrogen (secondary N) is 1. The van der Waals surface area contributed by atoms with Crippen LogP contribution in [0.2, 0.25) is 0 Å². The van der Waals surface area contributed by atoms with E-state index in [1.807, 2.05) is 12.1 Å². The summed E-state index contributed by atoms with van der Waals surface area (Å²) in [5, 5.41) is 3.46. The van der Waals surface area contributed by atoms with E-state index in [0.29, 0.717) is 5.92 Å². The molecule has 0 amide bonds. The third-order valence-corrected chi connectivity index (χ3v) is 4.75. The molecule has 2 aromatic carbocycles. The molecule has 0 heterocycles. The van der Waals surface area contributed by atoms with Gasteiger partial charge in [0.05, 0.1) is 13.2 Å². The van der Waals surface area contributed by atoms with E-state index in [0.717, 1.165) is 49.8 Å². The zero-order valence-corrected chi connectivity index (χ0v) is 17.9. The highest BCUT2D eigenvalue weighted by Crippen LogP contribution is 2.18. The molecule has 0 fully saturated rings. The summed E-state index contributed by atoms with van der Waals surface area (Å²) in [6, 6.07) is 16.6. The maximum Gasteiger partial charge on any atom is 0.119 e. The Hall–Kier alpha value is -2.16. The molecule has 0 radical (unpaired) electrons. The average molecular weight is 384 g/mol. The predicted molar refractivity (Wildman–Crippen MR) is 119 cm³/mol. The van der Waals surface area contributed by atoms with E-state index < -0.39 is 0 Å². The Bertz CT molecular complexity index is 635. The first-order valence-corrected chi connectivity index (χ1v) is 10.9. The van der Waals surface area contributed by atoms with E-state index in [1.165, 1.54) is 31.2 Å². The number of anilines is 1. The highest BCUT2D eigenvalue weighted by Gasteiger charge is 2.00. The Morgan fingerprint density at radius 2 is 1.36 bits per heavy atom. The second kappa shape index (κ2) is 13.1. The first-order valence-electron chi connectivity index (χ1n) is 10.9. The summed E-state index contributed by atoms with van der Waals surface area (Å²) >= 11 is 0. The van der Waals surface area contributed by atoms with Gasteiger partial charge in [-0.25, -0.2) is 0 Å². The number of rotatable bonds is 14. The first-order chi connectivity index (χ1) is 13.7. The largest absolute Gasteiger partial charge is 0.494 e. The average Bonchev–Trinajstić information content (AvgIpc) is 2.70. The molecule has 0 saturated carbocycles. The van der Waals surface area contributed by atoms with Gasteiger partial charge in [0.2, 0.25) is 0 Å². The molecule has 3 heteroatoms. The summed E-state index contributed by atoms with van der Waals surface area (Å²) in [5.41, 5.74) is 2.34. The van der Waals surface area contributed by atoms with Crippen LogP contribution in [0.15, 0.2) is 48.5 Å². The quantitative estimate of drug-likeness (QED) is 0.354. The molecular weight excluding hydrogens is 346 g/mol. The Morgan fingerprint density at radius 1 is 0.750 bits per heavy atom. The van der Waals surface area contributed by atoms with Crippen molar-refractivity contribution in [1.29, 1.82) is 0 Å². The topological polar surface area (TPSA) is 30.5 Å². The van der Waals surface area contributed by atoms with Gasteiger partial charge in [0.25, 0.3) is 0 Å². The number of hydrogen-bond acceptors (Lipinski definition) is 3. The van der Waals surface area contributed by atoms with E-state index in [9.17, 15) is 0 Å². The lowest BCUT2D eigenvalue weighted by atomic mass is 10.1. The highest BCUT2D eigenvalue weighted by atomic mass is 16.5. The summed E-state index contributed by atoms with van der Waals surface area (Å²) in [7, 11) is 0. The number of benzene rings is 2. The summed E-state index contributed by atoms with van der Waals surface area (Å²) < 4.78 is 11.6. The molecule has 0 unspecified atom stereocenters. The van der Waals surface area contributed by atoms with Crippen LogP contribution in [0.4, 0.5) is 5.69 Å². The fourth-order valence-electron chi connectivity index (χ4n) is 2.88. The van der Waals surface area contributed by atoms with Gasteiger partial charge in [0, 0.05) is 12.2 Å². The summed E-state index contributed by atoms with van der Waals surface area (Å²) in [4.78, 5) is 0. The molecule has 0 saturated heterocycles. The van der Waals surface area contributed by atoms with Crippen LogP contribution in [-0.2, 0) is 6.54 Å². The van der Waals surface area contributed by atoms with Crippen molar-refractivity contribution in [2.45, 2.75) is 65.8 Å². The standard InChI is InChI=1S/C25H37NO2/c1-4-5-6-7-8-18-27-25-15-11-23(12-16-25)26-20-22-9-13-24(14-10-22)28-19-17-21(2)3/h9-16,21,26H,4-8,17-20H2,1-3H3. The smallest absolute Gasteiger partial charge is 0.119 e. The van der Waals surface area contributed by atoms with Crippen molar-refractivity contribution < 1.29 is 9.47 Å². The summed E-state index contributed by atoms with van der Waals surface area (Å²) in [5.74, 6) is 2.57. The van der Waals surface area contributed by atoms with Crippen molar-refractivity contribution in [3.63, 3.8) is 0 Å². The Kier molecular flexibility index (Phi) is 10.3. The highest BCUT2D eigenvalue weighted by molar-refractivity contribution is 5.47. The fraction of sp³-hybridized carbons (Fsp3) is 0.520. The molecule has 0 aliphatic heterocycles. The third kappa shape index (κ3) is 9.16. The molecular formula is C25H37NO2. The van der Waals surface area contributed by atoms with Gasteiger partial charge in [0.1, 0.15) is 11.5 Å². The predicted octanol–water partition coefficient (Wildman–Crippen LogP) is 7.07.